The molecule has 2 aliphatic rings. The quantitative estimate of drug-likeness (QED) is 0.642. The molecule has 0 radical (unpaired) electrons. The van der Waals surface area contributed by atoms with Gasteiger partial charge >= 0.3 is 0 Å². The Morgan fingerprint density at radius 2 is 1.90 bits per heavy atom. The second-order valence-corrected chi connectivity index (χ2v) is 9.56. The molecular weight excluding hydrogens is 380 g/mol. The number of nitrogens with zero attached hydrogens (tertiary/aromatic N) is 3. The third kappa shape index (κ3) is 4.09. The van der Waals surface area contributed by atoms with Crippen LogP contribution < -0.4 is 5.32 Å². The molecule has 5 rings (SSSR count). The Balaban J connectivity index is 1.19. The molecular formula is C23H28N4OS. The van der Waals surface area contributed by atoms with Crippen molar-refractivity contribution in [3.8, 4) is 0 Å². The predicted molar refractivity (Wildman–Crippen MR) is 118 cm³/mol. The smallest absolute Gasteiger partial charge is 0.228 e. The zero-order valence-corrected chi connectivity index (χ0v) is 17.5. The summed E-state index contributed by atoms with van der Waals surface area (Å²) in [5.41, 5.74) is 0. The lowest BCUT2D eigenvalue weighted by atomic mass is 10.0. The normalized spacial score (nSPS) is 19.2. The van der Waals surface area contributed by atoms with Gasteiger partial charge in [0.1, 0.15) is 5.82 Å². The van der Waals surface area contributed by atoms with Crippen LogP contribution in [0.3, 0.4) is 0 Å². The molecule has 1 N–H and O–H groups in total. The zero-order chi connectivity index (χ0) is 19.6. The highest BCUT2D eigenvalue weighted by Crippen LogP contribution is 2.31. The average molecular weight is 409 g/mol. The minimum atomic E-state index is 0.173. The molecule has 152 valence electrons. The van der Waals surface area contributed by atoms with Gasteiger partial charge in [0.2, 0.25) is 5.91 Å². The molecule has 0 spiro atoms. The van der Waals surface area contributed by atoms with Gasteiger partial charge in [-0.2, -0.15) is 5.10 Å². The molecule has 2 aromatic heterocycles. The molecule has 3 aromatic rings. The highest BCUT2D eigenvalue weighted by Gasteiger charge is 2.26. The van der Waals surface area contributed by atoms with E-state index in [1.54, 1.807) is 0 Å². The van der Waals surface area contributed by atoms with Crippen molar-refractivity contribution in [2.24, 2.45) is 5.92 Å². The fourth-order valence-electron chi connectivity index (χ4n) is 4.78. The van der Waals surface area contributed by atoms with E-state index in [1.807, 2.05) is 28.3 Å². The minimum Gasteiger partial charge on any atom is -0.311 e. The number of nitrogens with one attached hydrogen (secondary N) is 1. The Labute approximate surface area is 175 Å². The summed E-state index contributed by atoms with van der Waals surface area (Å²) in [6.07, 6.45) is 8.35. The summed E-state index contributed by atoms with van der Waals surface area (Å²) >= 11 is 1.90. The molecule has 1 saturated carbocycles. The lowest BCUT2D eigenvalue weighted by molar-refractivity contribution is -0.119. The number of rotatable bonds is 5. The van der Waals surface area contributed by atoms with Crippen LogP contribution in [0.2, 0.25) is 0 Å². The van der Waals surface area contributed by atoms with Crippen LogP contribution in [-0.2, 0) is 11.3 Å². The maximum absolute atomic E-state index is 12.5. The Kier molecular flexibility index (Phi) is 5.38. The van der Waals surface area contributed by atoms with Gasteiger partial charge in [-0.05, 0) is 43.2 Å². The summed E-state index contributed by atoms with van der Waals surface area (Å²) in [4.78, 5) is 16.5. The number of anilines is 1. The van der Waals surface area contributed by atoms with Crippen molar-refractivity contribution >= 4 is 33.1 Å². The first kappa shape index (κ1) is 18.8. The highest BCUT2D eigenvalue weighted by molar-refractivity contribution is 7.19. The standard InChI is InChI=1S/C23H28N4OS/c28-23(17-5-1-2-6-17)25-22-9-12-24-27(22)19-10-13-26(14-11-19)16-20-15-18-7-3-4-8-21(18)29-20/h3-4,7-9,12,15,17,19H,1-2,5-6,10-11,13-14,16H2,(H,25,28). The van der Waals surface area contributed by atoms with Gasteiger partial charge in [-0.3, -0.25) is 9.69 Å². The number of benzene rings is 1. The van der Waals surface area contributed by atoms with Gasteiger partial charge in [-0.1, -0.05) is 31.0 Å². The number of carbonyl (C=O) groups excluding carboxylic acids is 1. The van der Waals surface area contributed by atoms with E-state index in [0.717, 1.165) is 51.1 Å². The lowest BCUT2D eigenvalue weighted by Crippen LogP contribution is -2.35. The van der Waals surface area contributed by atoms with E-state index in [4.69, 9.17) is 0 Å². The topological polar surface area (TPSA) is 50.2 Å². The molecule has 0 bridgehead atoms. The first-order valence-corrected chi connectivity index (χ1v) is 11.6. The number of thiophene rings is 1. The number of likely N-dealkylation sites (tertiary alicyclic amines) is 1. The van der Waals surface area contributed by atoms with E-state index in [1.165, 1.54) is 27.8 Å². The van der Waals surface area contributed by atoms with E-state index < -0.39 is 0 Å². The number of piperidine rings is 1. The maximum atomic E-state index is 12.5. The van der Waals surface area contributed by atoms with Gasteiger partial charge in [0.25, 0.3) is 0 Å². The van der Waals surface area contributed by atoms with Gasteiger partial charge in [0.15, 0.2) is 0 Å². The van der Waals surface area contributed by atoms with Crippen molar-refractivity contribution in [1.82, 2.24) is 14.7 Å². The highest BCUT2D eigenvalue weighted by atomic mass is 32.1. The molecule has 5 nitrogen and oxygen atoms in total. The monoisotopic (exact) mass is 408 g/mol. The molecule has 0 atom stereocenters. The molecule has 1 saturated heterocycles. The number of aromatic nitrogens is 2. The van der Waals surface area contributed by atoms with E-state index >= 15 is 0 Å². The fraction of sp³-hybridized carbons (Fsp3) is 0.478. The van der Waals surface area contributed by atoms with Crippen LogP contribution in [0.4, 0.5) is 5.82 Å². The zero-order valence-electron chi connectivity index (χ0n) is 16.7. The second kappa shape index (κ2) is 8.28. The number of carbonyl (C=O) groups is 1. The van der Waals surface area contributed by atoms with E-state index in [9.17, 15) is 4.79 Å². The molecule has 0 unspecified atom stereocenters. The minimum absolute atomic E-state index is 0.173. The second-order valence-electron chi connectivity index (χ2n) is 8.39. The van der Waals surface area contributed by atoms with E-state index in [-0.39, 0.29) is 11.8 Å². The van der Waals surface area contributed by atoms with Crippen molar-refractivity contribution in [2.45, 2.75) is 51.1 Å². The maximum Gasteiger partial charge on any atom is 0.228 e. The van der Waals surface area contributed by atoms with Crippen molar-refractivity contribution < 1.29 is 4.79 Å². The number of hydrogen-bond acceptors (Lipinski definition) is 4. The fourth-order valence-corrected chi connectivity index (χ4v) is 5.88. The molecule has 1 aromatic carbocycles. The molecule has 2 fully saturated rings. The average Bonchev–Trinajstić information content (AvgIpc) is 3.49. The van der Waals surface area contributed by atoms with Crippen molar-refractivity contribution in [3.05, 3.63) is 47.5 Å². The summed E-state index contributed by atoms with van der Waals surface area (Å²) in [7, 11) is 0. The number of amides is 1. The summed E-state index contributed by atoms with van der Waals surface area (Å²) in [6.45, 7) is 3.15. The first-order chi connectivity index (χ1) is 14.3. The summed E-state index contributed by atoms with van der Waals surface area (Å²) in [5, 5.41) is 9.04. The van der Waals surface area contributed by atoms with Crippen LogP contribution >= 0.6 is 11.3 Å². The van der Waals surface area contributed by atoms with Crippen LogP contribution in [0, 0.1) is 5.92 Å². The Morgan fingerprint density at radius 3 is 2.69 bits per heavy atom. The van der Waals surface area contributed by atoms with Crippen molar-refractivity contribution in [1.29, 1.82) is 0 Å². The molecule has 1 aliphatic carbocycles. The molecule has 3 heterocycles. The third-order valence-corrected chi connectivity index (χ3v) is 7.51. The third-order valence-electron chi connectivity index (χ3n) is 6.41. The largest absolute Gasteiger partial charge is 0.311 e. The van der Waals surface area contributed by atoms with Gasteiger partial charge in [0.05, 0.1) is 12.2 Å². The van der Waals surface area contributed by atoms with Crippen molar-refractivity contribution in [2.75, 3.05) is 18.4 Å². The Bertz CT molecular complexity index is 947. The van der Waals surface area contributed by atoms with Gasteiger partial charge in [-0.15, -0.1) is 11.3 Å². The lowest BCUT2D eigenvalue weighted by Gasteiger charge is -2.32. The van der Waals surface area contributed by atoms with E-state index in [2.05, 4.69) is 45.6 Å². The van der Waals surface area contributed by atoms with Crippen LogP contribution in [-0.4, -0.2) is 33.7 Å². The van der Waals surface area contributed by atoms with Crippen molar-refractivity contribution in [3.63, 3.8) is 0 Å². The van der Waals surface area contributed by atoms with Gasteiger partial charge < -0.3 is 5.32 Å². The molecule has 1 aliphatic heterocycles. The van der Waals surface area contributed by atoms with Crippen LogP contribution in [0.15, 0.2) is 42.6 Å². The number of fused-ring (bicyclic) bond motifs is 1. The van der Waals surface area contributed by atoms with E-state index in [0.29, 0.717) is 6.04 Å². The predicted octanol–water partition coefficient (Wildman–Crippen LogP) is 5.06. The van der Waals surface area contributed by atoms with Gasteiger partial charge in [-0.25, -0.2) is 4.68 Å². The van der Waals surface area contributed by atoms with Crippen LogP contribution in [0.1, 0.15) is 49.4 Å². The first-order valence-electron chi connectivity index (χ1n) is 10.8. The SMILES string of the molecule is O=C(Nc1ccnn1C1CCN(Cc2cc3ccccc3s2)CC1)C1CCCC1. The molecule has 29 heavy (non-hydrogen) atoms. The molecule has 6 heteroatoms. The summed E-state index contributed by atoms with van der Waals surface area (Å²) in [6, 6.07) is 13.3. The summed E-state index contributed by atoms with van der Waals surface area (Å²) < 4.78 is 3.42. The Hall–Kier alpha value is -2.18. The Morgan fingerprint density at radius 1 is 1.10 bits per heavy atom. The number of hydrogen-bond donors (Lipinski definition) is 1. The van der Waals surface area contributed by atoms with Gasteiger partial charge in [0, 0.05) is 41.2 Å². The molecule has 1 amide bonds. The van der Waals surface area contributed by atoms with Crippen LogP contribution in [0.25, 0.3) is 10.1 Å². The van der Waals surface area contributed by atoms with Crippen LogP contribution in [0.5, 0.6) is 0 Å². The summed E-state index contributed by atoms with van der Waals surface area (Å²) in [5.74, 6) is 1.22.